The van der Waals surface area contributed by atoms with Gasteiger partial charge in [0.2, 0.25) is 5.91 Å². The van der Waals surface area contributed by atoms with Crippen molar-refractivity contribution in [2.45, 2.75) is 5.16 Å². The van der Waals surface area contributed by atoms with E-state index in [-0.39, 0.29) is 11.7 Å². The second kappa shape index (κ2) is 9.70. The summed E-state index contributed by atoms with van der Waals surface area (Å²) < 4.78 is 5.43. The van der Waals surface area contributed by atoms with E-state index in [4.69, 9.17) is 39.3 Å². The molecule has 4 aromatic rings. The number of amides is 1. The lowest BCUT2D eigenvalue weighted by Gasteiger charge is -2.06. The Labute approximate surface area is 196 Å². The minimum atomic E-state index is -0.238. The fourth-order valence-electron chi connectivity index (χ4n) is 2.69. The van der Waals surface area contributed by atoms with Gasteiger partial charge in [-0.15, -0.1) is 0 Å². The minimum Gasteiger partial charge on any atom is -0.354 e. The first-order chi connectivity index (χ1) is 15.0. The molecule has 4 rings (SSSR count). The number of aromatic nitrogens is 3. The molecule has 2 aromatic heterocycles. The van der Waals surface area contributed by atoms with Crippen LogP contribution in [0.5, 0.6) is 0 Å². The summed E-state index contributed by atoms with van der Waals surface area (Å²) in [7, 11) is 0. The summed E-state index contributed by atoms with van der Waals surface area (Å²) in [5.41, 5.74) is 2.44. The SMILES string of the molecule is O=C(CSc1nccc(-c2cc(-c3ccccc3Cl)no2)n1)Nc1cc(Cl)cc(Cl)c1. The summed E-state index contributed by atoms with van der Waals surface area (Å²) in [5.74, 6) is 0.338. The molecule has 31 heavy (non-hydrogen) atoms. The van der Waals surface area contributed by atoms with Gasteiger partial charge in [-0.05, 0) is 30.3 Å². The number of carbonyl (C=O) groups excluding carboxylic acids is 1. The van der Waals surface area contributed by atoms with Crippen LogP contribution >= 0.6 is 46.6 Å². The third-order valence-corrected chi connectivity index (χ3v) is 5.65. The summed E-state index contributed by atoms with van der Waals surface area (Å²) >= 11 is 19.3. The molecular formula is C21H13Cl3N4O2S. The van der Waals surface area contributed by atoms with Crippen molar-refractivity contribution in [3.8, 4) is 22.7 Å². The molecule has 0 radical (unpaired) electrons. The van der Waals surface area contributed by atoms with Crippen LogP contribution in [0.4, 0.5) is 5.69 Å². The van der Waals surface area contributed by atoms with E-state index in [0.717, 1.165) is 5.56 Å². The highest BCUT2D eigenvalue weighted by Gasteiger charge is 2.13. The quantitative estimate of drug-likeness (QED) is 0.245. The van der Waals surface area contributed by atoms with E-state index in [1.807, 2.05) is 18.2 Å². The third kappa shape index (κ3) is 5.57. The van der Waals surface area contributed by atoms with Gasteiger partial charge in [0.05, 0.1) is 10.8 Å². The minimum absolute atomic E-state index is 0.106. The molecule has 0 spiro atoms. The van der Waals surface area contributed by atoms with E-state index in [1.54, 1.807) is 42.6 Å². The van der Waals surface area contributed by atoms with Gasteiger partial charge in [-0.2, -0.15) is 0 Å². The zero-order valence-corrected chi connectivity index (χ0v) is 18.8. The van der Waals surface area contributed by atoms with Gasteiger partial charge >= 0.3 is 0 Å². The number of thioether (sulfide) groups is 1. The lowest BCUT2D eigenvalue weighted by molar-refractivity contribution is -0.113. The summed E-state index contributed by atoms with van der Waals surface area (Å²) in [5, 5.41) is 8.70. The van der Waals surface area contributed by atoms with Crippen molar-refractivity contribution < 1.29 is 9.32 Å². The zero-order chi connectivity index (χ0) is 21.8. The maximum atomic E-state index is 12.2. The van der Waals surface area contributed by atoms with E-state index in [2.05, 4.69) is 20.4 Å². The highest BCUT2D eigenvalue weighted by molar-refractivity contribution is 7.99. The predicted octanol–water partition coefficient (Wildman–Crippen LogP) is 6.49. The van der Waals surface area contributed by atoms with E-state index in [9.17, 15) is 4.79 Å². The standard InChI is InChI=1S/C21H13Cl3N4O2S/c22-12-7-13(23)9-14(8-12)26-20(29)11-31-21-25-6-5-17(27-21)19-10-18(28-30-19)15-3-1-2-4-16(15)24/h1-10H,11H2,(H,26,29). The number of halogens is 3. The fraction of sp³-hybridized carbons (Fsp3) is 0.0476. The lowest BCUT2D eigenvalue weighted by atomic mass is 10.1. The number of nitrogens with one attached hydrogen (secondary N) is 1. The lowest BCUT2D eigenvalue weighted by Crippen LogP contribution is -2.14. The first-order valence-electron chi connectivity index (χ1n) is 8.92. The highest BCUT2D eigenvalue weighted by atomic mass is 35.5. The average molecular weight is 492 g/mol. The number of rotatable bonds is 6. The molecular weight excluding hydrogens is 479 g/mol. The number of anilines is 1. The normalized spacial score (nSPS) is 10.8. The largest absolute Gasteiger partial charge is 0.354 e. The van der Waals surface area contributed by atoms with Crippen molar-refractivity contribution in [1.82, 2.24) is 15.1 Å². The summed E-state index contributed by atoms with van der Waals surface area (Å²) in [6.07, 6.45) is 1.59. The summed E-state index contributed by atoms with van der Waals surface area (Å²) in [6.45, 7) is 0. The molecule has 6 nitrogen and oxygen atoms in total. The zero-order valence-electron chi connectivity index (χ0n) is 15.7. The van der Waals surface area contributed by atoms with Crippen molar-refractivity contribution in [3.05, 3.63) is 75.9 Å². The van der Waals surface area contributed by atoms with Crippen LogP contribution in [0.25, 0.3) is 22.7 Å². The van der Waals surface area contributed by atoms with Gasteiger partial charge in [-0.1, -0.05) is 69.9 Å². The topological polar surface area (TPSA) is 80.9 Å². The van der Waals surface area contributed by atoms with Gasteiger partial charge in [0.15, 0.2) is 10.9 Å². The van der Waals surface area contributed by atoms with Crippen LogP contribution in [0.2, 0.25) is 15.1 Å². The Balaban J connectivity index is 1.43. The molecule has 0 unspecified atom stereocenters. The van der Waals surface area contributed by atoms with E-state index in [0.29, 0.717) is 43.1 Å². The molecule has 0 atom stereocenters. The molecule has 0 saturated heterocycles. The number of nitrogens with zero attached hydrogens (tertiary/aromatic N) is 3. The molecule has 0 aliphatic rings. The summed E-state index contributed by atoms with van der Waals surface area (Å²) in [6, 6.07) is 15.6. The van der Waals surface area contributed by atoms with Gasteiger partial charge in [0.25, 0.3) is 0 Å². The molecule has 0 bridgehead atoms. The molecule has 0 aliphatic heterocycles. The van der Waals surface area contributed by atoms with Crippen molar-refractivity contribution in [2.24, 2.45) is 0 Å². The Bertz CT molecular complexity index is 1230. The fourth-order valence-corrected chi connectivity index (χ4v) is 4.08. The van der Waals surface area contributed by atoms with Gasteiger partial charge in [-0.25, -0.2) is 9.97 Å². The number of hydrogen-bond donors (Lipinski definition) is 1. The van der Waals surface area contributed by atoms with Gasteiger partial charge in [0, 0.05) is 33.6 Å². The highest BCUT2D eigenvalue weighted by Crippen LogP contribution is 2.30. The third-order valence-electron chi connectivity index (χ3n) is 4.02. The number of carbonyl (C=O) groups is 1. The Kier molecular flexibility index (Phi) is 6.77. The molecule has 156 valence electrons. The Morgan fingerprint density at radius 3 is 2.55 bits per heavy atom. The Hall–Kier alpha value is -2.58. The van der Waals surface area contributed by atoms with Crippen LogP contribution in [-0.4, -0.2) is 26.8 Å². The van der Waals surface area contributed by atoms with Gasteiger partial charge in [0.1, 0.15) is 11.4 Å². The van der Waals surface area contributed by atoms with Crippen LogP contribution < -0.4 is 5.32 Å². The molecule has 0 aliphatic carbocycles. The van der Waals surface area contributed by atoms with Crippen LogP contribution in [0.1, 0.15) is 0 Å². The molecule has 1 N–H and O–H groups in total. The second-order valence-corrected chi connectivity index (χ2v) is 8.50. The Morgan fingerprint density at radius 1 is 1.00 bits per heavy atom. The monoisotopic (exact) mass is 490 g/mol. The summed E-state index contributed by atoms with van der Waals surface area (Å²) in [4.78, 5) is 20.9. The van der Waals surface area contributed by atoms with Crippen LogP contribution in [0, 0.1) is 0 Å². The van der Waals surface area contributed by atoms with Crippen LogP contribution in [0.3, 0.4) is 0 Å². The maximum absolute atomic E-state index is 12.2. The van der Waals surface area contributed by atoms with Crippen molar-refractivity contribution in [2.75, 3.05) is 11.1 Å². The smallest absolute Gasteiger partial charge is 0.234 e. The molecule has 2 heterocycles. The second-order valence-electron chi connectivity index (χ2n) is 6.28. The van der Waals surface area contributed by atoms with Gasteiger partial charge in [-0.3, -0.25) is 4.79 Å². The van der Waals surface area contributed by atoms with Gasteiger partial charge < -0.3 is 9.84 Å². The van der Waals surface area contributed by atoms with E-state index < -0.39 is 0 Å². The maximum Gasteiger partial charge on any atom is 0.234 e. The van der Waals surface area contributed by atoms with E-state index in [1.165, 1.54) is 11.8 Å². The molecule has 1 amide bonds. The molecule has 0 saturated carbocycles. The van der Waals surface area contributed by atoms with Crippen molar-refractivity contribution >= 4 is 58.2 Å². The van der Waals surface area contributed by atoms with Crippen molar-refractivity contribution in [3.63, 3.8) is 0 Å². The molecule has 2 aromatic carbocycles. The number of benzene rings is 2. The Morgan fingerprint density at radius 2 is 1.77 bits per heavy atom. The predicted molar refractivity (Wildman–Crippen MR) is 124 cm³/mol. The van der Waals surface area contributed by atoms with Crippen LogP contribution in [0.15, 0.2) is 70.5 Å². The van der Waals surface area contributed by atoms with Crippen LogP contribution in [-0.2, 0) is 4.79 Å². The van der Waals surface area contributed by atoms with Crippen molar-refractivity contribution in [1.29, 1.82) is 0 Å². The van der Waals surface area contributed by atoms with E-state index >= 15 is 0 Å². The first kappa shape index (κ1) is 21.6. The molecule has 10 heteroatoms. The molecule has 0 fully saturated rings. The first-order valence-corrected chi connectivity index (χ1v) is 11.0. The number of hydrogen-bond acceptors (Lipinski definition) is 6. The average Bonchev–Trinajstić information content (AvgIpc) is 3.22.